The van der Waals surface area contributed by atoms with Crippen LogP contribution < -0.4 is 14.4 Å². The number of hydrogen-bond acceptors (Lipinski definition) is 5. The minimum atomic E-state index is -4.17. The van der Waals surface area contributed by atoms with Crippen LogP contribution in [-0.4, -0.2) is 50.4 Å². The number of ether oxygens (including phenoxy) is 1. The zero-order valence-electron chi connectivity index (χ0n) is 24.5. The van der Waals surface area contributed by atoms with Gasteiger partial charge >= 0.3 is 0 Å². The molecule has 0 heterocycles. The van der Waals surface area contributed by atoms with Crippen molar-refractivity contribution < 1.29 is 22.7 Å². The second-order valence-electron chi connectivity index (χ2n) is 9.97. The molecule has 0 aromatic heterocycles. The summed E-state index contributed by atoms with van der Waals surface area (Å²) in [6, 6.07) is 21.6. The predicted octanol–water partition coefficient (Wildman–Crippen LogP) is 5.31. The van der Waals surface area contributed by atoms with E-state index in [2.05, 4.69) is 5.32 Å². The van der Waals surface area contributed by atoms with Gasteiger partial charge in [-0.15, -0.1) is 0 Å². The summed E-state index contributed by atoms with van der Waals surface area (Å²) in [5.74, 6) is -0.425. The minimum absolute atomic E-state index is 0.0470. The lowest BCUT2D eigenvalue weighted by molar-refractivity contribution is -0.140. The van der Waals surface area contributed by atoms with Crippen LogP contribution in [0.15, 0.2) is 83.8 Å². The quantitative estimate of drug-likeness (QED) is 0.279. The summed E-state index contributed by atoms with van der Waals surface area (Å²) < 4.78 is 34.9. The van der Waals surface area contributed by atoms with E-state index < -0.39 is 28.5 Å². The van der Waals surface area contributed by atoms with E-state index >= 15 is 0 Å². The molecule has 0 unspecified atom stereocenters. The van der Waals surface area contributed by atoms with Crippen molar-refractivity contribution in [3.05, 3.63) is 90.0 Å². The van der Waals surface area contributed by atoms with E-state index in [1.54, 1.807) is 42.5 Å². The maximum atomic E-state index is 14.2. The van der Waals surface area contributed by atoms with E-state index in [0.717, 1.165) is 21.9 Å². The van der Waals surface area contributed by atoms with Gasteiger partial charge < -0.3 is 15.0 Å². The number of carbonyl (C=O) groups excluding carboxylic acids is 2. The highest BCUT2D eigenvalue weighted by molar-refractivity contribution is 7.92. The number of nitrogens with zero attached hydrogens (tertiary/aromatic N) is 2. The van der Waals surface area contributed by atoms with Crippen molar-refractivity contribution in [2.45, 2.75) is 71.0 Å². The Morgan fingerprint density at radius 1 is 0.878 bits per heavy atom. The number of anilines is 1. The molecule has 8 nitrogen and oxygen atoms in total. The van der Waals surface area contributed by atoms with Gasteiger partial charge in [0, 0.05) is 12.6 Å². The highest BCUT2D eigenvalue weighted by Gasteiger charge is 2.34. The smallest absolute Gasteiger partial charge is 0.264 e. The van der Waals surface area contributed by atoms with Gasteiger partial charge in [0.2, 0.25) is 11.8 Å². The molecular weight excluding hydrogens is 538 g/mol. The minimum Gasteiger partial charge on any atom is -0.492 e. The van der Waals surface area contributed by atoms with Gasteiger partial charge in [-0.25, -0.2) is 8.42 Å². The summed E-state index contributed by atoms with van der Waals surface area (Å²) in [5.41, 5.74) is 2.16. The van der Waals surface area contributed by atoms with Crippen LogP contribution in [0.25, 0.3) is 0 Å². The number of amides is 2. The molecule has 0 aliphatic heterocycles. The number of sulfonamides is 1. The van der Waals surface area contributed by atoms with Crippen LogP contribution in [-0.2, 0) is 26.2 Å². The monoisotopic (exact) mass is 579 g/mol. The van der Waals surface area contributed by atoms with E-state index in [1.807, 2.05) is 58.9 Å². The third-order valence-electron chi connectivity index (χ3n) is 6.90. The number of para-hydroxylation sites is 2. The molecule has 0 spiro atoms. The van der Waals surface area contributed by atoms with Crippen LogP contribution in [0.2, 0.25) is 0 Å². The molecule has 0 aliphatic carbocycles. The molecule has 0 bridgehead atoms. The molecular formula is C32H41N3O5S. The number of aryl methyl sites for hydroxylation is 1. The normalized spacial score (nSPS) is 12.7. The lowest BCUT2D eigenvalue weighted by Crippen LogP contribution is -2.53. The number of rotatable bonds is 14. The number of nitrogens with one attached hydrogen (secondary N) is 1. The number of carbonyl (C=O) groups is 2. The van der Waals surface area contributed by atoms with E-state index in [-0.39, 0.29) is 29.1 Å². The van der Waals surface area contributed by atoms with Crippen molar-refractivity contribution >= 4 is 27.5 Å². The molecule has 2 atom stereocenters. The Morgan fingerprint density at radius 2 is 1.51 bits per heavy atom. The van der Waals surface area contributed by atoms with E-state index in [1.165, 1.54) is 17.0 Å². The lowest BCUT2D eigenvalue weighted by Gasteiger charge is -2.34. The largest absolute Gasteiger partial charge is 0.492 e. The second-order valence-corrected chi connectivity index (χ2v) is 11.8. The maximum absolute atomic E-state index is 14.2. The fourth-order valence-corrected chi connectivity index (χ4v) is 5.87. The fourth-order valence-electron chi connectivity index (χ4n) is 4.42. The molecule has 0 saturated carbocycles. The Labute approximate surface area is 244 Å². The Balaban J connectivity index is 2.09. The summed E-state index contributed by atoms with van der Waals surface area (Å²) in [7, 11) is -4.17. The number of benzene rings is 3. The summed E-state index contributed by atoms with van der Waals surface area (Å²) in [4.78, 5) is 29.1. The van der Waals surface area contributed by atoms with Crippen LogP contribution in [0, 0.1) is 6.92 Å². The Morgan fingerprint density at radius 3 is 2.12 bits per heavy atom. The maximum Gasteiger partial charge on any atom is 0.264 e. The van der Waals surface area contributed by atoms with Crippen molar-refractivity contribution in [1.82, 2.24) is 10.2 Å². The standard InChI is InChI=1S/C32H41N3O5S/c1-6-25(5)33-32(37)28(7-2)34(22-26-20-18-24(4)19-21-26)31(36)23-35(29-16-12-13-17-30(29)40-8-3)41(38,39)27-14-10-9-11-15-27/h9-21,25,28H,6-8,22-23H2,1-5H3,(H,33,37)/t25-,28+/m0/s1. The Bertz CT molecular complexity index is 1390. The van der Waals surface area contributed by atoms with Crippen LogP contribution in [0.4, 0.5) is 5.69 Å². The molecule has 9 heteroatoms. The van der Waals surface area contributed by atoms with Crippen LogP contribution in [0.5, 0.6) is 5.75 Å². The summed E-state index contributed by atoms with van der Waals surface area (Å²) >= 11 is 0. The zero-order chi connectivity index (χ0) is 30.0. The first-order valence-electron chi connectivity index (χ1n) is 14.1. The van der Waals surface area contributed by atoms with Gasteiger partial charge in [0.15, 0.2) is 0 Å². The van der Waals surface area contributed by atoms with Crippen molar-refractivity contribution in [1.29, 1.82) is 0 Å². The topological polar surface area (TPSA) is 96.0 Å². The van der Waals surface area contributed by atoms with Gasteiger partial charge in [-0.05, 0) is 63.4 Å². The molecule has 3 rings (SSSR count). The van der Waals surface area contributed by atoms with Crippen LogP contribution in [0.3, 0.4) is 0 Å². The molecule has 1 N–H and O–H groups in total. The predicted molar refractivity (Wildman–Crippen MR) is 162 cm³/mol. The van der Waals surface area contributed by atoms with Gasteiger partial charge in [0.25, 0.3) is 10.0 Å². The van der Waals surface area contributed by atoms with Gasteiger partial charge in [0.1, 0.15) is 18.3 Å². The Kier molecular flexibility index (Phi) is 11.3. The van der Waals surface area contributed by atoms with Crippen molar-refractivity contribution in [3.8, 4) is 5.75 Å². The molecule has 0 aliphatic rings. The van der Waals surface area contributed by atoms with Gasteiger partial charge in [-0.3, -0.25) is 13.9 Å². The van der Waals surface area contributed by atoms with E-state index in [0.29, 0.717) is 18.8 Å². The van der Waals surface area contributed by atoms with Gasteiger partial charge in [-0.1, -0.05) is 74.0 Å². The third kappa shape index (κ3) is 8.10. The average molecular weight is 580 g/mol. The molecule has 0 radical (unpaired) electrons. The van der Waals surface area contributed by atoms with Crippen LogP contribution in [0.1, 0.15) is 51.7 Å². The molecule has 0 fully saturated rings. The lowest BCUT2D eigenvalue weighted by atomic mass is 10.1. The second kappa shape index (κ2) is 14.7. The third-order valence-corrected chi connectivity index (χ3v) is 8.68. The van der Waals surface area contributed by atoms with Crippen molar-refractivity contribution in [3.63, 3.8) is 0 Å². The highest BCUT2D eigenvalue weighted by Crippen LogP contribution is 2.33. The van der Waals surface area contributed by atoms with Crippen molar-refractivity contribution in [2.24, 2.45) is 0 Å². The molecule has 0 saturated heterocycles. The van der Waals surface area contributed by atoms with E-state index in [4.69, 9.17) is 4.74 Å². The molecule has 220 valence electrons. The van der Waals surface area contributed by atoms with Crippen molar-refractivity contribution in [2.75, 3.05) is 17.5 Å². The average Bonchev–Trinajstić information content (AvgIpc) is 2.97. The van der Waals surface area contributed by atoms with Gasteiger partial charge in [-0.2, -0.15) is 0 Å². The molecule has 41 heavy (non-hydrogen) atoms. The Hall–Kier alpha value is -3.85. The van der Waals surface area contributed by atoms with Gasteiger partial charge in [0.05, 0.1) is 17.2 Å². The first-order valence-corrected chi connectivity index (χ1v) is 15.5. The summed E-state index contributed by atoms with van der Waals surface area (Å²) in [5, 5.41) is 2.99. The summed E-state index contributed by atoms with van der Waals surface area (Å²) in [6.45, 7) is 9.47. The zero-order valence-corrected chi connectivity index (χ0v) is 25.4. The molecule has 3 aromatic rings. The number of hydrogen-bond donors (Lipinski definition) is 1. The highest BCUT2D eigenvalue weighted by atomic mass is 32.2. The summed E-state index contributed by atoms with van der Waals surface area (Å²) in [6.07, 6.45) is 1.10. The van der Waals surface area contributed by atoms with E-state index in [9.17, 15) is 18.0 Å². The van der Waals surface area contributed by atoms with Crippen LogP contribution >= 0.6 is 0 Å². The SMILES string of the molecule is CCOc1ccccc1N(CC(=O)N(Cc1ccc(C)cc1)[C@H](CC)C(=O)N[C@@H](C)CC)S(=O)(=O)c1ccccc1. The first kappa shape index (κ1) is 31.7. The fraction of sp³-hybridized carbons (Fsp3) is 0.375. The molecule has 3 aromatic carbocycles. The molecule has 2 amide bonds. The first-order chi connectivity index (χ1) is 19.6.